The minimum Gasteiger partial charge on any atom is -0.469 e. The number of nitrogens with two attached hydrogens (primary N) is 1. The number of carbonyl (C=O) groups excluding carboxylic acids is 2. The van der Waals surface area contributed by atoms with Crippen molar-refractivity contribution in [2.75, 3.05) is 12.8 Å². The number of ether oxygens (including phenoxy) is 2. The number of fused-ring (bicyclic) bond motifs is 1. The van der Waals surface area contributed by atoms with Gasteiger partial charge in [-0.2, -0.15) is 0 Å². The standard InChI is InChI=1S/C24H30N6O6/c1-35-24(34)13-7-5-12(6-8-13)3-2-4-15-28-20(25)16-21(29-15)30(11-26-16)23-18(32)17(31)19(36-23)22(33)27-14-9-10-14/h11-14,17-19,23,31-32H,3,5-10H2,1H3,(H,27,33)(H2,25,28,29)/t12?,13?,17-,18+,19+,23?/m1/s1. The largest absolute Gasteiger partial charge is 0.469 e. The van der Waals surface area contributed by atoms with Gasteiger partial charge in [-0.15, -0.1) is 0 Å². The molecule has 5 rings (SSSR count). The predicted molar refractivity (Wildman–Crippen MR) is 126 cm³/mol. The van der Waals surface area contributed by atoms with Crippen molar-refractivity contribution in [3.8, 4) is 11.8 Å². The van der Waals surface area contributed by atoms with Crippen LogP contribution in [-0.2, 0) is 19.1 Å². The molecule has 2 aromatic rings. The average molecular weight is 499 g/mol. The second-order valence-electron chi connectivity index (χ2n) is 9.71. The van der Waals surface area contributed by atoms with Crippen molar-refractivity contribution in [1.29, 1.82) is 0 Å². The van der Waals surface area contributed by atoms with Crippen molar-refractivity contribution in [2.45, 2.75) is 75.5 Å². The Morgan fingerprint density at radius 3 is 2.64 bits per heavy atom. The van der Waals surface area contributed by atoms with E-state index >= 15 is 0 Å². The van der Waals surface area contributed by atoms with Crippen molar-refractivity contribution >= 4 is 28.9 Å². The van der Waals surface area contributed by atoms with Crippen LogP contribution in [0, 0.1) is 23.7 Å². The highest BCUT2D eigenvalue weighted by Gasteiger charge is 2.48. The van der Waals surface area contributed by atoms with Crippen molar-refractivity contribution < 1.29 is 29.3 Å². The van der Waals surface area contributed by atoms with Gasteiger partial charge in [0.25, 0.3) is 5.91 Å². The Morgan fingerprint density at radius 1 is 1.19 bits per heavy atom. The summed E-state index contributed by atoms with van der Waals surface area (Å²) in [5.74, 6) is 6.13. The number of aliphatic hydroxyl groups is 2. The number of esters is 1. The van der Waals surface area contributed by atoms with Crippen LogP contribution in [-0.4, -0.2) is 73.1 Å². The van der Waals surface area contributed by atoms with Crippen LogP contribution in [0.3, 0.4) is 0 Å². The molecule has 2 saturated carbocycles. The molecule has 36 heavy (non-hydrogen) atoms. The van der Waals surface area contributed by atoms with E-state index in [-0.39, 0.29) is 35.2 Å². The minimum absolute atomic E-state index is 0.0314. The zero-order valence-corrected chi connectivity index (χ0v) is 20.0. The van der Waals surface area contributed by atoms with Crippen LogP contribution >= 0.6 is 0 Å². The first-order valence-electron chi connectivity index (χ1n) is 12.2. The smallest absolute Gasteiger partial charge is 0.308 e. The maximum absolute atomic E-state index is 12.4. The van der Waals surface area contributed by atoms with Crippen molar-refractivity contribution in [2.24, 2.45) is 11.8 Å². The SMILES string of the molecule is COC(=O)C1CCC(CC#Cc2nc(N)c3ncn(C4O[C@H](C(=O)NC5CC5)[C@H](O)[C@@H]4O)c3n2)CC1. The summed E-state index contributed by atoms with van der Waals surface area (Å²) in [5, 5.41) is 23.8. The molecule has 0 aromatic carbocycles. The van der Waals surface area contributed by atoms with Crippen LogP contribution in [0.2, 0.25) is 0 Å². The van der Waals surface area contributed by atoms with Crippen molar-refractivity contribution in [3.63, 3.8) is 0 Å². The van der Waals surface area contributed by atoms with Gasteiger partial charge in [-0.25, -0.2) is 15.0 Å². The van der Waals surface area contributed by atoms with Crippen LogP contribution in [0.4, 0.5) is 5.82 Å². The molecular formula is C24H30N6O6. The summed E-state index contributed by atoms with van der Waals surface area (Å²) in [6.07, 6.45) is 2.12. The number of nitrogens with zero attached hydrogens (tertiary/aromatic N) is 4. The lowest BCUT2D eigenvalue weighted by molar-refractivity contribution is -0.146. The van der Waals surface area contributed by atoms with E-state index in [0.29, 0.717) is 17.9 Å². The van der Waals surface area contributed by atoms with Crippen LogP contribution < -0.4 is 11.1 Å². The van der Waals surface area contributed by atoms with E-state index < -0.39 is 30.4 Å². The molecule has 4 atom stereocenters. The number of carbonyl (C=O) groups is 2. The molecule has 3 aliphatic rings. The zero-order chi connectivity index (χ0) is 25.4. The lowest BCUT2D eigenvalue weighted by Gasteiger charge is -2.25. The van der Waals surface area contributed by atoms with Gasteiger partial charge in [0.05, 0.1) is 19.4 Å². The molecule has 0 radical (unpaired) electrons. The van der Waals surface area contributed by atoms with Gasteiger partial charge in [0.15, 0.2) is 23.8 Å². The van der Waals surface area contributed by atoms with E-state index in [1.807, 2.05) is 0 Å². The monoisotopic (exact) mass is 498 g/mol. The molecule has 1 amide bonds. The van der Waals surface area contributed by atoms with E-state index in [4.69, 9.17) is 15.2 Å². The number of hydrogen-bond acceptors (Lipinski definition) is 10. The van der Waals surface area contributed by atoms with E-state index in [0.717, 1.165) is 38.5 Å². The van der Waals surface area contributed by atoms with Gasteiger partial charge in [0.2, 0.25) is 5.82 Å². The number of aliphatic hydroxyl groups excluding tert-OH is 2. The van der Waals surface area contributed by atoms with Crippen LogP contribution in [0.5, 0.6) is 0 Å². The second-order valence-corrected chi connectivity index (χ2v) is 9.71. The summed E-state index contributed by atoms with van der Waals surface area (Å²) in [4.78, 5) is 37.0. The molecule has 0 spiro atoms. The fourth-order valence-electron chi connectivity index (χ4n) is 4.84. The van der Waals surface area contributed by atoms with E-state index in [1.165, 1.54) is 18.0 Å². The number of aromatic nitrogens is 4. The molecule has 2 aliphatic carbocycles. The summed E-state index contributed by atoms with van der Waals surface area (Å²) < 4.78 is 12.0. The molecule has 192 valence electrons. The number of hydrogen-bond donors (Lipinski definition) is 4. The average Bonchev–Trinajstić information content (AvgIpc) is 3.51. The van der Waals surface area contributed by atoms with E-state index in [9.17, 15) is 19.8 Å². The topological polar surface area (TPSA) is 175 Å². The van der Waals surface area contributed by atoms with Gasteiger partial charge in [0.1, 0.15) is 17.7 Å². The first-order valence-corrected chi connectivity index (χ1v) is 12.2. The Labute approximate surface area is 207 Å². The predicted octanol–water partition coefficient (Wildman–Crippen LogP) is 0.0273. The molecule has 1 aliphatic heterocycles. The Hall–Kier alpha value is -3.27. The first-order chi connectivity index (χ1) is 17.4. The highest BCUT2D eigenvalue weighted by molar-refractivity contribution is 5.83. The number of anilines is 1. The molecule has 5 N–H and O–H groups in total. The second kappa shape index (κ2) is 10.0. The Balaban J connectivity index is 1.29. The van der Waals surface area contributed by atoms with Crippen LogP contribution in [0.25, 0.3) is 11.2 Å². The molecule has 12 heteroatoms. The molecule has 12 nitrogen and oxygen atoms in total. The summed E-state index contributed by atoms with van der Waals surface area (Å²) >= 11 is 0. The number of nitrogens with one attached hydrogen (secondary N) is 1. The van der Waals surface area contributed by atoms with Gasteiger partial charge in [-0.3, -0.25) is 14.2 Å². The summed E-state index contributed by atoms with van der Waals surface area (Å²) in [7, 11) is 1.42. The minimum atomic E-state index is -1.40. The highest BCUT2D eigenvalue weighted by atomic mass is 16.6. The molecule has 1 saturated heterocycles. The summed E-state index contributed by atoms with van der Waals surface area (Å²) in [6.45, 7) is 0. The van der Waals surface area contributed by atoms with Gasteiger partial charge in [0, 0.05) is 12.5 Å². The fraction of sp³-hybridized carbons (Fsp3) is 0.625. The molecular weight excluding hydrogens is 468 g/mol. The third-order valence-electron chi connectivity index (χ3n) is 7.12. The number of imidazole rings is 1. The number of nitrogen functional groups attached to an aromatic ring is 1. The van der Waals surface area contributed by atoms with Gasteiger partial charge >= 0.3 is 5.97 Å². The number of rotatable bonds is 5. The highest BCUT2D eigenvalue weighted by Crippen LogP contribution is 2.33. The zero-order valence-electron chi connectivity index (χ0n) is 20.0. The molecule has 2 aromatic heterocycles. The molecule has 1 unspecified atom stereocenters. The Bertz CT molecular complexity index is 1210. The Morgan fingerprint density at radius 2 is 1.94 bits per heavy atom. The normalized spacial score (nSPS) is 30.0. The van der Waals surface area contributed by atoms with Crippen LogP contribution in [0.15, 0.2) is 6.33 Å². The lowest BCUT2D eigenvalue weighted by atomic mass is 9.81. The summed E-state index contributed by atoms with van der Waals surface area (Å²) in [5.41, 5.74) is 6.67. The van der Waals surface area contributed by atoms with Crippen molar-refractivity contribution in [3.05, 3.63) is 12.2 Å². The van der Waals surface area contributed by atoms with Gasteiger partial charge in [-0.05, 0) is 50.4 Å². The van der Waals surface area contributed by atoms with Gasteiger partial charge < -0.3 is 30.7 Å². The van der Waals surface area contributed by atoms with Crippen LogP contribution in [0.1, 0.15) is 57.0 Å². The number of amides is 1. The van der Waals surface area contributed by atoms with E-state index in [2.05, 4.69) is 32.1 Å². The van der Waals surface area contributed by atoms with E-state index in [1.54, 1.807) is 0 Å². The third-order valence-corrected chi connectivity index (χ3v) is 7.12. The first kappa shape index (κ1) is 24.4. The van der Waals surface area contributed by atoms with Crippen molar-refractivity contribution in [1.82, 2.24) is 24.8 Å². The third kappa shape index (κ3) is 4.86. The maximum atomic E-state index is 12.4. The molecule has 3 fully saturated rings. The Kier molecular flexibility index (Phi) is 6.79. The van der Waals surface area contributed by atoms with Gasteiger partial charge in [-0.1, -0.05) is 5.92 Å². The quantitative estimate of drug-likeness (QED) is 0.325. The maximum Gasteiger partial charge on any atom is 0.308 e. The fourth-order valence-corrected chi connectivity index (χ4v) is 4.84. The number of methoxy groups -OCH3 is 1. The summed E-state index contributed by atoms with van der Waals surface area (Å²) in [6, 6.07) is 0.0927. The lowest BCUT2D eigenvalue weighted by Crippen LogP contribution is -2.43. The molecule has 3 heterocycles. The molecule has 0 bridgehead atoms.